The highest BCUT2D eigenvalue weighted by atomic mass is 35.5. The van der Waals surface area contributed by atoms with Crippen LogP contribution in [0.4, 0.5) is 5.82 Å². The molecule has 0 spiro atoms. The first kappa shape index (κ1) is 20.8. The van der Waals surface area contributed by atoms with E-state index in [1.165, 1.54) is 0 Å². The lowest BCUT2D eigenvalue weighted by molar-refractivity contribution is -0.121. The molecule has 6 heteroatoms. The third-order valence-corrected chi connectivity index (χ3v) is 5.25. The molecule has 4 rings (SSSR count). The van der Waals surface area contributed by atoms with Crippen LogP contribution in [-0.4, -0.2) is 22.4 Å². The first-order chi connectivity index (χ1) is 15.1. The van der Waals surface area contributed by atoms with Gasteiger partial charge in [-0.3, -0.25) is 4.79 Å². The molecule has 156 valence electrons. The summed E-state index contributed by atoms with van der Waals surface area (Å²) in [5, 5.41) is 7.82. The third kappa shape index (κ3) is 5.19. The van der Waals surface area contributed by atoms with Gasteiger partial charge in [0.2, 0.25) is 5.91 Å². The van der Waals surface area contributed by atoms with E-state index in [9.17, 15) is 4.79 Å². The van der Waals surface area contributed by atoms with Crippen molar-refractivity contribution in [1.82, 2.24) is 15.3 Å². The average molecular weight is 431 g/mol. The second-order valence-corrected chi connectivity index (χ2v) is 7.74. The van der Waals surface area contributed by atoms with E-state index in [0.29, 0.717) is 29.6 Å². The van der Waals surface area contributed by atoms with Gasteiger partial charge in [-0.25, -0.2) is 9.97 Å². The molecule has 0 radical (unpaired) electrons. The van der Waals surface area contributed by atoms with Gasteiger partial charge in [-0.05, 0) is 30.7 Å². The number of halogens is 1. The molecule has 0 aliphatic heterocycles. The van der Waals surface area contributed by atoms with Crippen LogP contribution in [0.5, 0.6) is 0 Å². The molecule has 5 nitrogen and oxygen atoms in total. The molecule has 1 heterocycles. The van der Waals surface area contributed by atoms with E-state index in [1.54, 1.807) is 0 Å². The second-order valence-electron chi connectivity index (χ2n) is 7.30. The Labute approximate surface area is 186 Å². The quantitative estimate of drug-likeness (QED) is 0.398. The standard InChI is InChI=1S/C25H23ClN4O/c1-17(18-8-4-2-5-9-18)28-23(31)14-15-27-25-21-13-12-20(26)16-22(21)29-24(30-25)19-10-6-3-7-11-19/h2-13,16-17H,14-15H2,1H3,(H,28,31)(H,27,29,30). The maximum absolute atomic E-state index is 12.4. The number of carbonyl (C=O) groups excluding carboxylic acids is 1. The van der Waals surface area contributed by atoms with Gasteiger partial charge >= 0.3 is 0 Å². The van der Waals surface area contributed by atoms with Crippen LogP contribution in [0.25, 0.3) is 22.3 Å². The molecule has 31 heavy (non-hydrogen) atoms. The van der Waals surface area contributed by atoms with E-state index >= 15 is 0 Å². The van der Waals surface area contributed by atoms with Crippen molar-refractivity contribution in [2.24, 2.45) is 0 Å². The lowest BCUT2D eigenvalue weighted by Crippen LogP contribution is -2.28. The molecular formula is C25H23ClN4O. The molecule has 1 aromatic heterocycles. The molecule has 1 atom stereocenters. The van der Waals surface area contributed by atoms with E-state index in [0.717, 1.165) is 22.0 Å². The maximum atomic E-state index is 12.4. The van der Waals surface area contributed by atoms with Crippen molar-refractivity contribution in [2.45, 2.75) is 19.4 Å². The smallest absolute Gasteiger partial charge is 0.222 e. The molecule has 0 fully saturated rings. The summed E-state index contributed by atoms with van der Waals surface area (Å²) in [6.07, 6.45) is 0.330. The molecule has 1 unspecified atom stereocenters. The molecule has 0 bridgehead atoms. The number of fused-ring (bicyclic) bond motifs is 1. The van der Waals surface area contributed by atoms with Crippen LogP contribution >= 0.6 is 11.6 Å². The van der Waals surface area contributed by atoms with Crippen LogP contribution in [0.2, 0.25) is 5.02 Å². The van der Waals surface area contributed by atoms with Crippen LogP contribution in [0, 0.1) is 0 Å². The topological polar surface area (TPSA) is 66.9 Å². The van der Waals surface area contributed by atoms with Crippen molar-refractivity contribution < 1.29 is 4.79 Å². The zero-order valence-electron chi connectivity index (χ0n) is 17.2. The summed E-state index contributed by atoms with van der Waals surface area (Å²) in [7, 11) is 0. The summed E-state index contributed by atoms with van der Waals surface area (Å²) in [5.41, 5.74) is 2.75. The van der Waals surface area contributed by atoms with Gasteiger partial charge in [-0.15, -0.1) is 0 Å². The highest BCUT2D eigenvalue weighted by Gasteiger charge is 2.12. The Morgan fingerprint density at radius 3 is 2.42 bits per heavy atom. The van der Waals surface area contributed by atoms with E-state index in [2.05, 4.69) is 15.6 Å². The van der Waals surface area contributed by atoms with Crippen LogP contribution in [0.15, 0.2) is 78.9 Å². The van der Waals surface area contributed by atoms with Gasteiger partial charge in [0.1, 0.15) is 5.82 Å². The molecule has 0 aliphatic carbocycles. The fraction of sp³-hybridized carbons (Fsp3) is 0.160. The highest BCUT2D eigenvalue weighted by Crippen LogP contribution is 2.27. The van der Waals surface area contributed by atoms with E-state index in [-0.39, 0.29) is 11.9 Å². The monoisotopic (exact) mass is 430 g/mol. The lowest BCUT2D eigenvalue weighted by Gasteiger charge is -2.15. The largest absolute Gasteiger partial charge is 0.369 e. The molecule has 2 N–H and O–H groups in total. The van der Waals surface area contributed by atoms with Crippen molar-refractivity contribution in [2.75, 3.05) is 11.9 Å². The molecule has 1 amide bonds. The van der Waals surface area contributed by atoms with Gasteiger partial charge < -0.3 is 10.6 Å². The zero-order valence-corrected chi connectivity index (χ0v) is 17.9. The van der Waals surface area contributed by atoms with Crippen LogP contribution in [-0.2, 0) is 4.79 Å². The van der Waals surface area contributed by atoms with Gasteiger partial charge in [-0.1, -0.05) is 72.3 Å². The normalized spacial score (nSPS) is 11.8. The summed E-state index contributed by atoms with van der Waals surface area (Å²) in [6.45, 7) is 2.44. The van der Waals surface area contributed by atoms with Crippen molar-refractivity contribution in [3.63, 3.8) is 0 Å². The Kier molecular flexibility index (Phi) is 6.43. The number of benzene rings is 3. The molecule has 4 aromatic rings. The number of nitrogens with zero attached hydrogens (tertiary/aromatic N) is 2. The van der Waals surface area contributed by atoms with E-state index < -0.39 is 0 Å². The van der Waals surface area contributed by atoms with Gasteiger partial charge in [0.05, 0.1) is 11.6 Å². The Hall–Kier alpha value is -3.44. The molecule has 0 saturated carbocycles. The predicted molar refractivity (Wildman–Crippen MR) is 126 cm³/mol. The van der Waals surface area contributed by atoms with Gasteiger partial charge in [-0.2, -0.15) is 0 Å². The average Bonchev–Trinajstić information content (AvgIpc) is 2.79. The maximum Gasteiger partial charge on any atom is 0.222 e. The van der Waals surface area contributed by atoms with Gasteiger partial charge in [0.15, 0.2) is 5.82 Å². The lowest BCUT2D eigenvalue weighted by atomic mass is 10.1. The minimum atomic E-state index is -0.0413. The predicted octanol–water partition coefficient (Wildman–Crippen LogP) is 5.63. The summed E-state index contributed by atoms with van der Waals surface area (Å²) < 4.78 is 0. The van der Waals surface area contributed by atoms with E-state index in [4.69, 9.17) is 16.6 Å². The fourth-order valence-electron chi connectivity index (χ4n) is 3.39. The number of hydrogen-bond donors (Lipinski definition) is 2. The summed E-state index contributed by atoms with van der Waals surface area (Å²) >= 11 is 6.18. The number of aromatic nitrogens is 2. The third-order valence-electron chi connectivity index (χ3n) is 5.01. The highest BCUT2D eigenvalue weighted by molar-refractivity contribution is 6.31. The van der Waals surface area contributed by atoms with Crippen molar-refractivity contribution in [1.29, 1.82) is 0 Å². The molecule has 0 saturated heterocycles. The Balaban J connectivity index is 1.48. The van der Waals surface area contributed by atoms with Crippen molar-refractivity contribution >= 4 is 34.2 Å². The number of nitrogens with one attached hydrogen (secondary N) is 2. The molecule has 3 aromatic carbocycles. The Morgan fingerprint density at radius 2 is 1.68 bits per heavy atom. The number of carbonyl (C=O) groups is 1. The first-order valence-corrected chi connectivity index (χ1v) is 10.6. The number of amides is 1. The minimum absolute atomic E-state index is 0.0199. The van der Waals surface area contributed by atoms with E-state index in [1.807, 2.05) is 85.8 Å². The van der Waals surface area contributed by atoms with Crippen LogP contribution in [0.3, 0.4) is 0 Å². The summed E-state index contributed by atoms with van der Waals surface area (Å²) in [6, 6.07) is 25.2. The van der Waals surface area contributed by atoms with Gasteiger partial charge in [0.25, 0.3) is 0 Å². The summed E-state index contributed by atoms with van der Waals surface area (Å²) in [5.74, 6) is 1.28. The number of anilines is 1. The Morgan fingerprint density at radius 1 is 0.968 bits per heavy atom. The molecule has 0 aliphatic rings. The second kappa shape index (κ2) is 9.58. The number of rotatable bonds is 7. The molecular weight excluding hydrogens is 408 g/mol. The first-order valence-electron chi connectivity index (χ1n) is 10.2. The van der Waals surface area contributed by atoms with Crippen molar-refractivity contribution in [3.05, 3.63) is 89.4 Å². The van der Waals surface area contributed by atoms with Crippen molar-refractivity contribution in [3.8, 4) is 11.4 Å². The number of hydrogen-bond acceptors (Lipinski definition) is 4. The Bertz CT molecular complexity index is 1180. The van der Waals surface area contributed by atoms with Crippen LogP contribution < -0.4 is 10.6 Å². The minimum Gasteiger partial charge on any atom is -0.369 e. The van der Waals surface area contributed by atoms with Gasteiger partial charge in [0, 0.05) is 28.9 Å². The summed E-state index contributed by atoms with van der Waals surface area (Å²) in [4.78, 5) is 21.8. The SMILES string of the molecule is CC(NC(=O)CCNc1nc(-c2ccccc2)nc2cc(Cl)ccc12)c1ccccc1. The fourth-order valence-corrected chi connectivity index (χ4v) is 3.55. The zero-order chi connectivity index (χ0) is 21.6. The van der Waals surface area contributed by atoms with Crippen LogP contribution in [0.1, 0.15) is 24.9 Å².